The van der Waals surface area contributed by atoms with Crippen LogP contribution < -0.4 is 0 Å². The lowest BCUT2D eigenvalue weighted by Gasteiger charge is -2.18. The molecule has 1 atom stereocenters. The Labute approximate surface area is 341 Å². The summed E-state index contributed by atoms with van der Waals surface area (Å²) >= 11 is 0. The van der Waals surface area contributed by atoms with Gasteiger partial charge in [-0.25, -0.2) is 0 Å². The highest BCUT2D eigenvalue weighted by molar-refractivity contribution is 5.71. The van der Waals surface area contributed by atoms with E-state index in [1.165, 1.54) is 135 Å². The molecule has 55 heavy (non-hydrogen) atoms. The van der Waals surface area contributed by atoms with Crippen LogP contribution >= 0.6 is 0 Å². The topological polar surface area (TPSA) is 78.9 Å². The summed E-state index contributed by atoms with van der Waals surface area (Å²) in [6, 6.07) is 0. The highest BCUT2D eigenvalue weighted by Gasteiger charge is 2.19. The number of esters is 3. The first-order valence-electron chi connectivity index (χ1n) is 23.8. The molecule has 0 saturated heterocycles. The SMILES string of the molecule is CCC/C=C\CCCCCCCC(=O)OC(COC(=O)CCCCCCCC)COC(=O)CCCCCCCCCCC/C=C\CCCCCCCCCC. The average Bonchev–Trinajstić information content (AvgIpc) is 3.18. The maximum atomic E-state index is 12.6. The summed E-state index contributed by atoms with van der Waals surface area (Å²) in [6.45, 7) is 6.51. The summed E-state index contributed by atoms with van der Waals surface area (Å²) in [4.78, 5) is 37.5. The van der Waals surface area contributed by atoms with Crippen molar-refractivity contribution in [3.05, 3.63) is 24.3 Å². The highest BCUT2D eigenvalue weighted by atomic mass is 16.6. The molecule has 0 radical (unpaired) electrons. The maximum Gasteiger partial charge on any atom is 0.306 e. The molecular formula is C49H90O6. The molecule has 0 spiro atoms. The van der Waals surface area contributed by atoms with Gasteiger partial charge in [-0.05, 0) is 64.2 Å². The van der Waals surface area contributed by atoms with Gasteiger partial charge in [0.25, 0.3) is 0 Å². The highest BCUT2D eigenvalue weighted by Crippen LogP contribution is 2.15. The fraction of sp³-hybridized carbons (Fsp3) is 0.857. The first-order chi connectivity index (χ1) is 27.0. The number of carbonyl (C=O) groups excluding carboxylic acids is 3. The smallest absolute Gasteiger partial charge is 0.306 e. The molecule has 322 valence electrons. The summed E-state index contributed by atoms with van der Waals surface area (Å²) in [6.07, 6.45) is 49.1. The lowest BCUT2D eigenvalue weighted by molar-refractivity contribution is -0.167. The quantitative estimate of drug-likeness (QED) is 0.0266. The minimum atomic E-state index is -0.768. The molecule has 0 amide bonds. The Hall–Kier alpha value is -2.11. The number of unbranched alkanes of at least 4 members (excludes halogenated alkanes) is 28. The first kappa shape index (κ1) is 52.9. The second-order valence-corrected chi connectivity index (χ2v) is 16.0. The van der Waals surface area contributed by atoms with Crippen molar-refractivity contribution >= 4 is 17.9 Å². The molecule has 0 fully saturated rings. The molecule has 0 aliphatic rings. The van der Waals surface area contributed by atoms with Crippen LogP contribution in [0.2, 0.25) is 0 Å². The fourth-order valence-corrected chi connectivity index (χ4v) is 6.79. The fourth-order valence-electron chi connectivity index (χ4n) is 6.79. The van der Waals surface area contributed by atoms with Crippen LogP contribution in [0, 0.1) is 0 Å². The zero-order chi connectivity index (χ0) is 40.1. The third-order valence-corrected chi connectivity index (χ3v) is 10.4. The summed E-state index contributed by atoms with van der Waals surface area (Å²) in [7, 11) is 0. The third kappa shape index (κ3) is 42.9. The van der Waals surface area contributed by atoms with E-state index in [2.05, 4.69) is 45.1 Å². The van der Waals surface area contributed by atoms with E-state index in [0.717, 1.165) is 77.0 Å². The van der Waals surface area contributed by atoms with Crippen molar-refractivity contribution in [2.24, 2.45) is 0 Å². The average molecular weight is 775 g/mol. The van der Waals surface area contributed by atoms with Gasteiger partial charge in [-0.3, -0.25) is 14.4 Å². The molecule has 6 heteroatoms. The molecular weight excluding hydrogens is 685 g/mol. The minimum Gasteiger partial charge on any atom is -0.462 e. The van der Waals surface area contributed by atoms with Crippen molar-refractivity contribution in [2.45, 2.75) is 258 Å². The van der Waals surface area contributed by atoms with E-state index in [-0.39, 0.29) is 31.1 Å². The lowest BCUT2D eigenvalue weighted by Crippen LogP contribution is -2.30. The van der Waals surface area contributed by atoms with E-state index >= 15 is 0 Å². The van der Waals surface area contributed by atoms with Crippen LogP contribution in [0.1, 0.15) is 252 Å². The molecule has 0 aromatic carbocycles. The van der Waals surface area contributed by atoms with E-state index in [0.29, 0.717) is 19.3 Å². The Balaban J connectivity index is 4.12. The molecule has 1 unspecified atom stereocenters. The Bertz CT molecular complexity index is 896. The van der Waals surface area contributed by atoms with Gasteiger partial charge in [0.05, 0.1) is 0 Å². The normalized spacial score (nSPS) is 12.1. The third-order valence-electron chi connectivity index (χ3n) is 10.4. The van der Waals surface area contributed by atoms with Gasteiger partial charge in [-0.15, -0.1) is 0 Å². The number of hydrogen-bond acceptors (Lipinski definition) is 6. The Morgan fingerprint density at radius 3 is 0.982 bits per heavy atom. The van der Waals surface area contributed by atoms with Crippen LogP contribution in [0.25, 0.3) is 0 Å². The van der Waals surface area contributed by atoms with Gasteiger partial charge >= 0.3 is 17.9 Å². The number of allylic oxidation sites excluding steroid dienone is 4. The molecule has 0 bridgehead atoms. The van der Waals surface area contributed by atoms with E-state index in [1.54, 1.807) is 0 Å². The molecule has 0 rings (SSSR count). The molecule has 0 aliphatic heterocycles. The van der Waals surface area contributed by atoms with Gasteiger partial charge in [-0.2, -0.15) is 0 Å². The van der Waals surface area contributed by atoms with Gasteiger partial charge in [-0.1, -0.05) is 193 Å². The molecule has 0 saturated carbocycles. The molecule has 0 N–H and O–H groups in total. The summed E-state index contributed by atoms with van der Waals surface area (Å²) in [5.41, 5.74) is 0. The zero-order valence-electron chi connectivity index (χ0n) is 36.7. The lowest BCUT2D eigenvalue weighted by atomic mass is 10.1. The Kier molecular flexibility index (Phi) is 42.9. The standard InChI is InChI=1S/C49H90O6/c1-4-7-10-13-16-18-20-21-22-23-24-25-26-27-28-29-30-32-33-36-39-42-48(51)54-45-46(44-53-47(50)41-38-35-15-12-9-6-3)55-49(52)43-40-37-34-31-19-17-14-11-8-5-2/h11,14,23-24,46H,4-10,12-13,15-22,25-45H2,1-3H3/b14-11-,24-23-. The van der Waals surface area contributed by atoms with Crippen LogP contribution in [-0.4, -0.2) is 37.2 Å². The molecule has 0 aliphatic carbocycles. The monoisotopic (exact) mass is 775 g/mol. The number of hydrogen-bond donors (Lipinski definition) is 0. The second kappa shape index (κ2) is 44.6. The molecule has 0 heterocycles. The van der Waals surface area contributed by atoms with Gasteiger partial charge in [0, 0.05) is 19.3 Å². The summed E-state index contributed by atoms with van der Waals surface area (Å²) in [5, 5.41) is 0. The first-order valence-corrected chi connectivity index (χ1v) is 23.8. The maximum absolute atomic E-state index is 12.6. The second-order valence-electron chi connectivity index (χ2n) is 16.0. The van der Waals surface area contributed by atoms with Crippen LogP contribution in [0.5, 0.6) is 0 Å². The van der Waals surface area contributed by atoms with Crippen molar-refractivity contribution < 1.29 is 28.6 Å². The minimum absolute atomic E-state index is 0.0739. The number of ether oxygens (including phenoxy) is 3. The van der Waals surface area contributed by atoms with Gasteiger partial charge in [0.15, 0.2) is 6.10 Å². The van der Waals surface area contributed by atoms with Gasteiger partial charge in [0.1, 0.15) is 13.2 Å². The Morgan fingerprint density at radius 1 is 0.345 bits per heavy atom. The number of rotatable bonds is 43. The van der Waals surface area contributed by atoms with E-state index in [9.17, 15) is 14.4 Å². The van der Waals surface area contributed by atoms with E-state index in [4.69, 9.17) is 14.2 Å². The van der Waals surface area contributed by atoms with E-state index in [1.807, 2.05) is 0 Å². The van der Waals surface area contributed by atoms with Gasteiger partial charge < -0.3 is 14.2 Å². The molecule has 0 aromatic rings. The van der Waals surface area contributed by atoms with Crippen molar-refractivity contribution in [1.82, 2.24) is 0 Å². The van der Waals surface area contributed by atoms with Crippen LogP contribution in [0.4, 0.5) is 0 Å². The van der Waals surface area contributed by atoms with Gasteiger partial charge in [0.2, 0.25) is 0 Å². The largest absolute Gasteiger partial charge is 0.462 e. The molecule has 0 aromatic heterocycles. The number of carbonyl (C=O) groups is 3. The van der Waals surface area contributed by atoms with Crippen molar-refractivity contribution in [1.29, 1.82) is 0 Å². The van der Waals surface area contributed by atoms with Crippen LogP contribution in [-0.2, 0) is 28.6 Å². The van der Waals surface area contributed by atoms with Crippen molar-refractivity contribution in [2.75, 3.05) is 13.2 Å². The Morgan fingerprint density at radius 2 is 0.636 bits per heavy atom. The van der Waals surface area contributed by atoms with Crippen molar-refractivity contribution in [3.63, 3.8) is 0 Å². The predicted octanol–water partition coefficient (Wildman–Crippen LogP) is 15.2. The predicted molar refractivity (Wildman–Crippen MR) is 233 cm³/mol. The van der Waals surface area contributed by atoms with E-state index < -0.39 is 6.10 Å². The molecule has 6 nitrogen and oxygen atoms in total. The van der Waals surface area contributed by atoms with Crippen molar-refractivity contribution in [3.8, 4) is 0 Å². The summed E-state index contributed by atoms with van der Waals surface area (Å²) < 4.78 is 16.6. The summed E-state index contributed by atoms with van der Waals surface area (Å²) in [5.74, 6) is -0.892. The van der Waals surface area contributed by atoms with Crippen LogP contribution in [0.15, 0.2) is 24.3 Å². The van der Waals surface area contributed by atoms with Crippen LogP contribution in [0.3, 0.4) is 0 Å². The zero-order valence-corrected chi connectivity index (χ0v) is 36.7.